The Morgan fingerprint density at radius 3 is 2.47 bits per heavy atom. The molecule has 0 amide bonds. The van der Waals surface area contributed by atoms with Crippen LogP contribution in [0.4, 0.5) is 0 Å². The second kappa shape index (κ2) is 6.85. The van der Waals surface area contributed by atoms with E-state index in [1.807, 2.05) is 24.3 Å². The van der Waals surface area contributed by atoms with Crippen molar-refractivity contribution in [2.24, 2.45) is 0 Å². The summed E-state index contributed by atoms with van der Waals surface area (Å²) >= 11 is 21.1. The molecule has 1 nitrogen and oxygen atoms in total. The van der Waals surface area contributed by atoms with Gasteiger partial charge in [0.25, 0.3) is 0 Å². The molecular weight excluding hydrogens is 370 g/mol. The first-order valence-electron chi connectivity index (χ1n) is 5.51. The van der Waals surface area contributed by atoms with Crippen molar-refractivity contribution >= 4 is 50.7 Å². The third-order valence-electron chi connectivity index (χ3n) is 2.55. The van der Waals surface area contributed by atoms with E-state index >= 15 is 0 Å². The number of hydrogen-bond donors (Lipinski definition) is 0. The molecule has 0 unspecified atom stereocenters. The molecule has 2 aromatic rings. The van der Waals surface area contributed by atoms with Gasteiger partial charge in [-0.25, -0.2) is 0 Å². The minimum Gasteiger partial charge on any atom is -0.489 e. The lowest BCUT2D eigenvalue weighted by Gasteiger charge is -2.09. The molecule has 0 heterocycles. The lowest BCUT2D eigenvalue weighted by Crippen LogP contribution is -1.96. The second-order valence-electron chi connectivity index (χ2n) is 3.92. The van der Waals surface area contributed by atoms with Crippen molar-refractivity contribution in [3.8, 4) is 5.75 Å². The Labute approximate surface area is 135 Å². The highest BCUT2D eigenvalue weighted by molar-refractivity contribution is 9.10. The van der Waals surface area contributed by atoms with Crippen LogP contribution >= 0.6 is 50.7 Å². The zero-order valence-corrected chi connectivity index (χ0v) is 13.7. The molecule has 2 rings (SSSR count). The third kappa shape index (κ3) is 4.03. The molecule has 0 fully saturated rings. The summed E-state index contributed by atoms with van der Waals surface area (Å²) in [6.07, 6.45) is 0. The zero-order valence-electron chi connectivity index (χ0n) is 9.80. The summed E-state index contributed by atoms with van der Waals surface area (Å²) in [6.45, 7) is 0.431. The van der Waals surface area contributed by atoms with E-state index in [9.17, 15) is 0 Å². The molecule has 0 radical (unpaired) electrons. The minimum absolute atomic E-state index is 0.431. The van der Waals surface area contributed by atoms with Crippen molar-refractivity contribution in [1.82, 2.24) is 0 Å². The minimum atomic E-state index is 0.431. The molecule has 100 valence electrons. The summed E-state index contributed by atoms with van der Waals surface area (Å²) in [5, 5.41) is 1.07. The maximum Gasteiger partial charge on any atom is 0.120 e. The molecule has 2 aromatic carbocycles. The summed E-state index contributed by atoms with van der Waals surface area (Å²) in [5.74, 6) is 1.20. The Balaban J connectivity index is 2.07. The molecule has 0 atom stereocenters. The van der Waals surface area contributed by atoms with Crippen molar-refractivity contribution in [2.45, 2.75) is 12.5 Å². The highest BCUT2D eigenvalue weighted by atomic mass is 79.9. The molecule has 0 aliphatic rings. The fraction of sp³-hybridized carbons (Fsp3) is 0.143. The van der Waals surface area contributed by atoms with E-state index in [0.29, 0.717) is 22.5 Å². The van der Waals surface area contributed by atoms with E-state index in [2.05, 4.69) is 15.9 Å². The van der Waals surface area contributed by atoms with Crippen LogP contribution in [0.3, 0.4) is 0 Å². The van der Waals surface area contributed by atoms with Crippen LogP contribution in [0.25, 0.3) is 0 Å². The van der Waals surface area contributed by atoms with Gasteiger partial charge in [0.05, 0.1) is 10.0 Å². The second-order valence-corrected chi connectivity index (χ2v) is 5.86. The molecule has 0 spiro atoms. The van der Waals surface area contributed by atoms with E-state index in [0.717, 1.165) is 21.3 Å². The van der Waals surface area contributed by atoms with Gasteiger partial charge in [-0.05, 0) is 41.5 Å². The van der Waals surface area contributed by atoms with Crippen LogP contribution in [-0.2, 0) is 12.5 Å². The van der Waals surface area contributed by atoms with Crippen molar-refractivity contribution < 1.29 is 4.74 Å². The van der Waals surface area contributed by atoms with Gasteiger partial charge in [0.1, 0.15) is 12.4 Å². The van der Waals surface area contributed by atoms with Gasteiger partial charge in [-0.3, -0.25) is 0 Å². The summed E-state index contributed by atoms with van der Waals surface area (Å²) in [4.78, 5) is 0. The van der Waals surface area contributed by atoms with Crippen molar-refractivity contribution in [2.75, 3.05) is 0 Å². The van der Waals surface area contributed by atoms with Crippen LogP contribution in [0.15, 0.2) is 40.9 Å². The molecule has 0 saturated carbocycles. The first kappa shape index (κ1) is 15.0. The predicted molar refractivity (Wildman–Crippen MR) is 84.5 cm³/mol. The molecular formula is C14H10BrCl3O. The van der Waals surface area contributed by atoms with Gasteiger partial charge in [0.2, 0.25) is 0 Å². The van der Waals surface area contributed by atoms with Crippen LogP contribution < -0.4 is 4.74 Å². The number of rotatable bonds is 4. The van der Waals surface area contributed by atoms with E-state index in [1.54, 1.807) is 12.1 Å². The number of ether oxygens (including phenoxy) is 1. The lowest BCUT2D eigenvalue weighted by molar-refractivity contribution is 0.306. The zero-order chi connectivity index (χ0) is 13.8. The number of alkyl halides is 1. The molecule has 0 aromatic heterocycles. The van der Waals surface area contributed by atoms with Crippen LogP contribution in [0.2, 0.25) is 10.0 Å². The van der Waals surface area contributed by atoms with Gasteiger partial charge in [-0.2, -0.15) is 0 Å². The lowest BCUT2D eigenvalue weighted by atomic mass is 10.2. The Morgan fingerprint density at radius 2 is 1.79 bits per heavy atom. The Morgan fingerprint density at radius 1 is 1.00 bits per heavy atom. The molecule has 0 N–H and O–H groups in total. The summed E-state index contributed by atoms with van der Waals surface area (Å²) in [6, 6.07) is 11.2. The predicted octanol–water partition coefficient (Wildman–Crippen LogP) is 6.07. The Bertz CT molecular complexity index is 587. The van der Waals surface area contributed by atoms with Crippen molar-refractivity contribution in [3.63, 3.8) is 0 Å². The topological polar surface area (TPSA) is 9.23 Å². The molecule has 5 heteroatoms. The number of hydrogen-bond acceptors (Lipinski definition) is 1. The normalized spacial score (nSPS) is 10.5. The maximum atomic E-state index is 5.95. The monoisotopic (exact) mass is 378 g/mol. The van der Waals surface area contributed by atoms with Gasteiger partial charge in [0.15, 0.2) is 0 Å². The van der Waals surface area contributed by atoms with Crippen molar-refractivity contribution in [3.05, 3.63) is 62.0 Å². The van der Waals surface area contributed by atoms with E-state index in [1.165, 1.54) is 0 Å². The van der Waals surface area contributed by atoms with Gasteiger partial charge in [0, 0.05) is 10.4 Å². The summed E-state index contributed by atoms with van der Waals surface area (Å²) in [7, 11) is 0. The fourth-order valence-corrected chi connectivity index (χ4v) is 2.63. The smallest absolute Gasteiger partial charge is 0.120 e. The quantitative estimate of drug-likeness (QED) is 0.585. The average molecular weight is 380 g/mol. The van der Waals surface area contributed by atoms with Crippen LogP contribution in [0.5, 0.6) is 5.75 Å². The van der Waals surface area contributed by atoms with E-state index in [4.69, 9.17) is 39.5 Å². The maximum absolute atomic E-state index is 5.95. The number of halogens is 4. The Hall–Kier alpha value is -0.410. The molecule has 0 aliphatic carbocycles. The Kier molecular flexibility index (Phi) is 5.40. The fourth-order valence-electron chi connectivity index (χ4n) is 1.54. The highest BCUT2D eigenvalue weighted by Gasteiger charge is 2.03. The van der Waals surface area contributed by atoms with E-state index < -0.39 is 0 Å². The third-order valence-corrected chi connectivity index (χ3v) is 4.35. The summed E-state index contributed by atoms with van der Waals surface area (Å²) < 4.78 is 6.68. The average Bonchev–Trinajstić information content (AvgIpc) is 2.41. The molecule has 0 aliphatic heterocycles. The van der Waals surface area contributed by atoms with Crippen molar-refractivity contribution in [1.29, 1.82) is 0 Å². The van der Waals surface area contributed by atoms with Gasteiger partial charge in [-0.15, -0.1) is 11.6 Å². The van der Waals surface area contributed by atoms with Gasteiger partial charge < -0.3 is 4.74 Å². The molecule has 0 bridgehead atoms. The first-order chi connectivity index (χ1) is 9.10. The van der Waals surface area contributed by atoms with E-state index in [-0.39, 0.29) is 0 Å². The van der Waals surface area contributed by atoms with Gasteiger partial charge >= 0.3 is 0 Å². The number of benzene rings is 2. The van der Waals surface area contributed by atoms with Crippen LogP contribution in [-0.4, -0.2) is 0 Å². The SMILES string of the molecule is ClCc1cc(OCc2ccc(Cl)c(Cl)c2)ccc1Br. The molecule has 19 heavy (non-hydrogen) atoms. The summed E-state index contributed by atoms with van der Waals surface area (Å²) in [5.41, 5.74) is 1.96. The van der Waals surface area contributed by atoms with Crippen LogP contribution in [0.1, 0.15) is 11.1 Å². The largest absolute Gasteiger partial charge is 0.489 e. The highest BCUT2D eigenvalue weighted by Crippen LogP contribution is 2.26. The standard InChI is InChI=1S/C14H10BrCl3O/c15-12-3-2-11(6-10(12)7-16)19-8-9-1-4-13(17)14(18)5-9/h1-6H,7-8H2. The van der Waals surface area contributed by atoms with Gasteiger partial charge in [-0.1, -0.05) is 45.2 Å². The first-order valence-corrected chi connectivity index (χ1v) is 7.59. The van der Waals surface area contributed by atoms with Crippen LogP contribution in [0, 0.1) is 0 Å². The molecule has 0 saturated heterocycles.